The fourth-order valence-electron chi connectivity index (χ4n) is 7.60. The fraction of sp³-hybridized carbons (Fsp3) is 0.853. The second kappa shape index (κ2) is 13.0. The lowest BCUT2D eigenvalue weighted by atomic mass is 9.68. The standard InChI is InChI=1S/C34H59N3O3/c1-10-25-29(33(25,7)8)24(22(2)3)20-26(38)30(34(9)18-12-11-13-19-34)37-31(40)36-27(32(4,5)6)16-17-28(39)35-21-23-14-15-23/h23-25,27,29-30H,2,10-21H2,1,3-9H3,(H,35,39)(H2,36,37,40)/t24?,25-,27?,29+,30?/m0/s1. The predicted octanol–water partition coefficient (Wildman–Crippen LogP) is 7.18. The zero-order valence-corrected chi connectivity index (χ0v) is 26.9. The molecule has 228 valence electrons. The molecule has 0 aromatic carbocycles. The summed E-state index contributed by atoms with van der Waals surface area (Å²) in [5.41, 5.74) is 0.820. The number of carbonyl (C=O) groups excluding carboxylic acids is 3. The molecule has 6 nitrogen and oxygen atoms in total. The average molecular weight is 558 g/mol. The fourth-order valence-corrected chi connectivity index (χ4v) is 7.60. The number of nitrogens with one attached hydrogen (secondary N) is 3. The first-order valence-corrected chi connectivity index (χ1v) is 16.1. The monoisotopic (exact) mass is 557 g/mol. The van der Waals surface area contributed by atoms with Crippen molar-refractivity contribution in [3.63, 3.8) is 0 Å². The zero-order chi connectivity index (χ0) is 29.9. The minimum atomic E-state index is -0.529. The molecule has 0 aromatic rings. The summed E-state index contributed by atoms with van der Waals surface area (Å²) in [5.74, 6) is 2.04. The number of carbonyl (C=O) groups is 3. The normalized spacial score (nSPS) is 25.7. The third-order valence-corrected chi connectivity index (χ3v) is 10.7. The molecule has 3 amide bonds. The lowest BCUT2D eigenvalue weighted by Crippen LogP contribution is -2.57. The first kappa shape index (κ1) is 32.7. The second-order valence-corrected chi connectivity index (χ2v) is 15.5. The zero-order valence-electron chi connectivity index (χ0n) is 26.9. The maximum atomic E-state index is 14.1. The molecule has 40 heavy (non-hydrogen) atoms. The number of hydrogen-bond acceptors (Lipinski definition) is 3. The summed E-state index contributed by atoms with van der Waals surface area (Å²) >= 11 is 0. The van der Waals surface area contributed by atoms with Crippen LogP contribution in [0.25, 0.3) is 0 Å². The number of amides is 3. The molecule has 0 aliphatic heterocycles. The van der Waals surface area contributed by atoms with Gasteiger partial charge in [0.25, 0.3) is 0 Å². The minimum absolute atomic E-state index is 0.0466. The van der Waals surface area contributed by atoms with E-state index in [4.69, 9.17) is 0 Å². The van der Waals surface area contributed by atoms with Gasteiger partial charge in [0.15, 0.2) is 5.78 Å². The van der Waals surface area contributed by atoms with Crippen molar-refractivity contribution in [2.45, 2.75) is 138 Å². The molecule has 0 radical (unpaired) electrons. The SMILES string of the molecule is C=C(C)C(CC(=O)C(NC(=O)NC(CCC(=O)NCC1CC1)C(C)(C)C)C1(C)CCCCC1)[C@@H]1[C@H](CC)C1(C)C. The van der Waals surface area contributed by atoms with Crippen LogP contribution in [0, 0.1) is 39.9 Å². The molecule has 6 heteroatoms. The van der Waals surface area contributed by atoms with Crippen molar-refractivity contribution in [3.05, 3.63) is 12.2 Å². The molecule has 5 atom stereocenters. The molecule has 3 N–H and O–H groups in total. The van der Waals surface area contributed by atoms with Crippen LogP contribution in [0.15, 0.2) is 12.2 Å². The van der Waals surface area contributed by atoms with Crippen LogP contribution < -0.4 is 16.0 Å². The van der Waals surface area contributed by atoms with Gasteiger partial charge in [-0.05, 0) is 78.9 Å². The van der Waals surface area contributed by atoms with Crippen molar-refractivity contribution in [2.24, 2.45) is 39.9 Å². The minimum Gasteiger partial charge on any atom is -0.356 e. The highest BCUT2D eigenvalue weighted by atomic mass is 16.2. The molecular formula is C34H59N3O3. The third kappa shape index (κ3) is 8.35. The molecule has 3 fully saturated rings. The Labute approximate surface area is 244 Å². The van der Waals surface area contributed by atoms with E-state index in [2.05, 4.69) is 77.9 Å². The highest BCUT2D eigenvalue weighted by molar-refractivity contribution is 5.90. The predicted molar refractivity (Wildman–Crippen MR) is 164 cm³/mol. The van der Waals surface area contributed by atoms with E-state index in [1.807, 2.05) is 0 Å². The van der Waals surface area contributed by atoms with E-state index in [9.17, 15) is 14.4 Å². The summed E-state index contributed by atoms with van der Waals surface area (Å²) in [6, 6.07) is -1.01. The van der Waals surface area contributed by atoms with Crippen molar-refractivity contribution in [1.82, 2.24) is 16.0 Å². The first-order valence-electron chi connectivity index (χ1n) is 16.1. The van der Waals surface area contributed by atoms with E-state index in [0.717, 1.165) is 44.2 Å². The Morgan fingerprint density at radius 2 is 1.62 bits per heavy atom. The van der Waals surface area contributed by atoms with E-state index in [0.29, 0.717) is 37.0 Å². The molecule has 3 aliphatic carbocycles. The lowest BCUT2D eigenvalue weighted by molar-refractivity contribution is -0.125. The van der Waals surface area contributed by atoms with E-state index in [1.54, 1.807) is 0 Å². The van der Waals surface area contributed by atoms with Gasteiger partial charge in [0.2, 0.25) is 5.91 Å². The van der Waals surface area contributed by atoms with Crippen LogP contribution in [-0.4, -0.2) is 36.3 Å². The van der Waals surface area contributed by atoms with Gasteiger partial charge in [-0.2, -0.15) is 0 Å². The summed E-state index contributed by atoms with van der Waals surface area (Å²) in [5, 5.41) is 9.39. The summed E-state index contributed by atoms with van der Waals surface area (Å²) in [6.07, 6.45) is 10.1. The number of allylic oxidation sites excluding steroid dienone is 1. The van der Waals surface area contributed by atoms with E-state index in [-0.39, 0.29) is 45.9 Å². The number of rotatable bonds is 14. The summed E-state index contributed by atoms with van der Waals surface area (Å²) in [4.78, 5) is 40.1. The van der Waals surface area contributed by atoms with Gasteiger partial charge in [0.05, 0.1) is 6.04 Å². The van der Waals surface area contributed by atoms with Gasteiger partial charge in [0, 0.05) is 25.4 Å². The van der Waals surface area contributed by atoms with E-state index >= 15 is 0 Å². The Bertz CT molecular complexity index is 923. The maximum Gasteiger partial charge on any atom is 0.315 e. The van der Waals surface area contributed by atoms with Gasteiger partial charge in [-0.3, -0.25) is 9.59 Å². The topological polar surface area (TPSA) is 87.3 Å². The van der Waals surface area contributed by atoms with E-state index < -0.39 is 6.04 Å². The van der Waals surface area contributed by atoms with Gasteiger partial charge in [0.1, 0.15) is 0 Å². The maximum absolute atomic E-state index is 14.1. The van der Waals surface area contributed by atoms with Gasteiger partial charge in [-0.1, -0.05) is 86.3 Å². The molecule has 0 bridgehead atoms. The van der Waals surface area contributed by atoms with Crippen molar-refractivity contribution in [2.75, 3.05) is 6.54 Å². The molecule has 3 saturated carbocycles. The Morgan fingerprint density at radius 1 is 1.00 bits per heavy atom. The number of ketones is 1. The summed E-state index contributed by atoms with van der Waals surface area (Å²) < 4.78 is 0. The molecule has 3 aliphatic rings. The number of hydrogen-bond donors (Lipinski definition) is 3. The molecule has 3 rings (SSSR count). The summed E-state index contributed by atoms with van der Waals surface area (Å²) in [6.45, 7) is 22.4. The summed E-state index contributed by atoms with van der Waals surface area (Å²) in [7, 11) is 0. The van der Waals surface area contributed by atoms with Gasteiger partial charge < -0.3 is 16.0 Å². The first-order chi connectivity index (χ1) is 18.6. The van der Waals surface area contributed by atoms with Gasteiger partial charge in [-0.15, -0.1) is 0 Å². The average Bonchev–Trinajstić information content (AvgIpc) is 3.77. The van der Waals surface area contributed by atoms with Gasteiger partial charge in [-0.25, -0.2) is 4.79 Å². The van der Waals surface area contributed by atoms with Crippen molar-refractivity contribution in [1.29, 1.82) is 0 Å². The Hall–Kier alpha value is -1.85. The van der Waals surface area contributed by atoms with Crippen LogP contribution in [0.4, 0.5) is 4.79 Å². The van der Waals surface area contributed by atoms with Crippen molar-refractivity contribution in [3.8, 4) is 0 Å². The van der Waals surface area contributed by atoms with Crippen molar-refractivity contribution < 1.29 is 14.4 Å². The van der Waals surface area contributed by atoms with Gasteiger partial charge >= 0.3 is 6.03 Å². The molecule has 0 heterocycles. The van der Waals surface area contributed by atoms with Crippen LogP contribution in [0.3, 0.4) is 0 Å². The third-order valence-electron chi connectivity index (χ3n) is 10.7. The smallest absolute Gasteiger partial charge is 0.315 e. The highest BCUT2D eigenvalue weighted by Crippen LogP contribution is 2.65. The number of Topliss-reactive ketones (excluding diaryl/α,β-unsaturated/α-hetero) is 1. The van der Waals surface area contributed by atoms with E-state index in [1.165, 1.54) is 19.3 Å². The largest absolute Gasteiger partial charge is 0.356 e. The second-order valence-electron chi connectivity index (χ2n) is 15.5. The lowest BCUT2D eigenvalue weighted by Gasteiger charge is -2.41. The van der Waals surface area contributed by atoms with Crippen LogP contribution >= 0.6 is 0 Å². The molecule has 0 spiro atoms. The number of urea groups is 1. The Balaban J connectivity index is 1.70. The quantitative estimate of drug-likeness (QED) is 0.198. The highest BCUT2D eigenvalue weighted by Gasteiger charge is 2.59. The Morgan fingerprint density at radius 3 is 2.12 bits per heavy atom. The van der Waals surface area contributed by atoms with Crippen LogP contribution in [-0.2, 0) is 9.59 Å². The van der Waals surface area contributed by atoms with Crippen LogP contribution in [0.5, 0.6) is 0 Å². The molecule has 0 aromatic heterocycles. The molecule has 3 unspecified atom stereocenters. The van der Waals surface area contributed by atoms with Crippen LogP contribution in [0.2, 0.25) is 0 Å². The Kier molecular flexibility index (Phi) is 10.6. The van der Waals surface area contributed by atoms with Crippen molar-refractivity contribution >= 4 is 17.7 Å². The van der Waals surface area contributed by atoms with Crippen LogP contribution in [0.1, 0.15) is 126 Å². The molecule has 0 saturated heterocycles. The molecular weight excluding hydrogens is 498 g/mol.